The van der Waals surface area contributed by atoms with E-state index in [-0.39, 0.29) is 12.0 Å². The zero-order valence-corrected chi connectivity index (χ0v) is 16.5. The molecule has 1 aromatic carbocycles. The first kappa shape index (κ1) is 19.4. The number of H-pyrrole nitrogens is 1. The van der Waals surface area contributed by atoms with Gasteiger partial charge in [-0.3, -0.25) is 14.9 Å². The molecule has 1 aliphatic heterocycles. The molecular weight excluding hydrogens is 392 g/mol. The molecule has 1 fully saturated rings. The highest BCUT2D eigenvalue weighted by molar-refractivity contribution is 6.30. The van der Waals surface area contributed by atoms with Crippen molar-refractivity contribution < 1.29 is 14.3 Å². The third-order valence-electron chi connectivity index (χ3n) is 4.70. The van der Waals surface area contributed by atoms with E-state index in [1.54, 1.807) is 35.5 Å². The van der Waals surface area contributed by atoms with Crippen LogP contribution >= 0.6 is 11.6 Å². The highest BCUT2D eigenvalue weighted by Gasteiger charge is 2.27. The van der Waals surface area contributed by atoms with Crippen LogP contribution in [0.2, 0.25) is 5.02 Å². The number of ether oxygens (including phenoxy) is 2. The molecule has 3 heterocycles. The number of pyridine rings is 1. The van der Waals surface area contributed by atoms with Gasteiger partial charge < -0.3 is 14.4 Å². The van der Waals surface area contributed by atoms with E-state index in [2.05, 4.69) is 15.2 Å². The highest BCUT2D eigenvalue weighted by atomic mass is 35.5. The molecule has 2 aromatic heterocycles. The van der Waals surface area contributed by atoms with Crippen LogP contribution < -0.4 is 4.74 Å². The topological polar surface area (TPSA) is 80.3 Å². The summed E-state index contributed by atoms with van der Waals surface area (Å²) >= 11 is 5.96. The Morgan fingerprint density at radius 1 is 1.28 bits per heavy atom. The standard InChI is InChI=1S/C21H21ClN4O3/c22-16-2-1-3-18(12-16)28-10-6-17-13-19(25-24-17)20-14-26(9-11-29-20)21(27)15-4-7-23-8-5-15/h1-5,7-8,12-13,20H,6,9-11,14H2,(H,24,25). The van der Waals surface area contributed by atoms with Crippen LogP contribution in [0.3, 0.4) is 0 Å². The molecule has 0 bridgehead atoms. The predicted octanol–water partition coefficient (Wildman–Crippen LogP) is 3.29. The second-order valence-electron chi connectivity index (χ2n) is 6.72. The quantitative estimate of drug-likeness (QED) is 0.672. The SMILES string of the molecule is O=C(c1ccncc1)N1CCOC(c2cc(CCOc3cccc(Cl)c3)[nH]n2)C1. The molecular formula is C21H21ClN4O3. The van der Waals surface area contributed by atoms with E-state index in [9.17, 15) is 4.79 Å². The van der Waals surface area contributed by atoms with Gasteiger partial charge in [0.15, 0.2) is 0 Å². The van der Waals surface area contributed by atoms with Gasteiger partial charge in [0.1, 0.15) is 11.9 Å². The van der Waals surface area contributed by atoms with Crippen molar-refractivity contribution in [3.8, 4) is 5.75 Å². The van der Waals surface area contributed by atoms with Gasteiger partial charge in [0.25, 0.3) is 5.91 Å². The molecule has 29 heavy (non-hydrogen) atoms. The lowest BCUT2D eigenvalue weighted by Gasteiger charge is -2.32. The van der Waals surface area contributed by atoms with Crippen LogP contribution in [-0.4, -0.2) is 52.3 Å². The van der Waals surface area contributed by atoms with Gasteiger partial charge in [-0.05, 0) is 36.4 Å². The molecule has 0 saturated carbocycles. The summed E-state index contributed by atoms with van der Waals surface area (Å²) in [4.78, 5) is 18.4. The van der Waals surface area contributed by atoms with E-state index in [0.29, 0.717) is 43.3 Å². The number of carbonyl (C=O) groups is 1. The minimum Gasteiger partial charge on any atom is -0.493 e. The molecule has 1 amide bonds. The van der Waals surface area contributed by atoms with Gasteiger partial charge in [-0.2, -0.15) is 5.10 Å². The number of nitrogens with one attached hydrogen (secondary N) is 1. The highest BCUT2D eigenvalue weighted by Crippen LogP contribution is 2.23. The minimum absolute atomic E-state index is 0.0219. The Hall–Kier alpha value is -2.90. The number of halogens is 1. The first-order valence-electron chi connectivity index (χ1n) is 9.42. The van der Waals surface area contributed by atoms with Gasteiger partial charge in [0.2, 0.25) is 0 Å². The normalized spacial score (nSPS) is 16.6. The zero-order chi connectivity index (χ0) is 20.1. The van der Waals surface area contributed by atoms with Gasteiger partial charge in [-0.1, -0.05) is 17.7 Å². The number of amides is 1. The average Bonchev–Trinajstić information content (AvgIpc) is 3.23. The Bertz CT molecular complexity index is 963. The number of aromatic nitrogens is 3. The summed E-state index contributed by atoms with van der Waals surface area (Å²) in [5.74, 6) is 0.712. The second-order valence-corrected chi connectivity index (χ2v) is 7.16. The summed E-state index contributed by atoms with van der Waals surface area (Å²) in [6, 6.07) is 12.7. The number of carbonyl (C=O) groups excluding carboxylic acids is 1. The maximum Gasteiger partial charge on any atom is 0.254 e. The van der Waals surface area contributed by atoms with Crippen molar-refractivity contribution in [2.24, 2.45) is 0 Å². The van der Waals surface area contributed by atoms with Crippen molar-refractivity contribution in [3.05, 3.63) is 76.8 Å². The van der Waals surface area contributed by atoms with Gasteiger partial charge >= 0.3 is 0 Å². The van der Waals surface area contributed by atoms with E-state index in [0.717, 1.165) is 17.1 Å². The summed E-state index contributed by atoms with van der Waals surface area (Å²) in [5.41, 5.74) is 2.36. The van der Waals surface area contributed by atoms with Crippen LogP contribution in [0.4, 0.5) is 0 Å². The van der Waals surface area contributed by atoms with Crippen LogP contribution in [-0.2, 0) is 11.2 Å². The van der Waals surface area contributed by atoms with Crippen LogP contribution in [0, 0.1) is 0 Å². The summed E-state index contributed by atoms with van der Waals surface area (Å²) < 4.78 is 11.6. The number of hydrogen-bond acceptors (Lipinski definition) is 5. The average molecular weight is 413 g/mol. The molecule has 8 heteroatoms. The molecule has 1 aliphatic rings. The molecule has 3 aromatic rings. The molecule has 150 valence electrons. The summed E-state index contributed by atoms with van der Waals surface area (Å²) in [6.45, 7) is 1.99. The molecule has 0 radical (unpaired) electrons. The van der Waals surface area contributed by atoms with Crippen molar-refractivity contribution in [3.63, 3.8) is 0 Å². The third-order valence-corrected chi connectivity index (χ3v) is 4.93. The van der Waals surface area contributed by atoms with Gasteiger partial charge in [-0.25, -0.2) is 0 Å². The monoisotopic (exact) mass is 412 g/mol. The van der Waals surface area contributed by atoms with Crippen molar-refractivity contribution in [2.45, 2.75) is 12.5 Å². The van der Waals surface area contributed by atoms with E-state index in [4.69, 9.17) is 21.1 Å². The fraction of sp³-hybridized carbons (Fsp3) is 0.286. The van der Waals surface area contributed by atoms with Crippen LogP contribution in [0.15, 0.2) is 54.9 Å². The lowest BCUT2D eigenvalue weighted by Crippen LogP contribution is -2.42. The fourth-order valence-corrected chi connectivity index (χ4v) is 3.38. The Morgan fingerprint density at radius 2 is 2.14 bits per heavy atom. The van der Waals surface area contributed by atoms with E-state index in [1.807, 2.05) is 24.3 Å². The number of aromatic amines is 1. The molecule has 1 saturated heterocycles. The van der Waals surface area contributed by atoms with Gasteiger partial charge in [-0.15, -0.1) is 0 Å². The van der Waals surface area contributed by atoms with Gasteiger partial charge in [0.05, 0.1) is 25.5 Å². The third kappa shape index (κ3) is 4.93. The van der Waals surface area contributed by atoms with Crippen LogP contribution in [0.25, 0.3) is 0 Å². The molecule has 0 spiro atoms. The first-order valence-corrected chi connectivity index (χ1v) is 9.80. The van der Waals surface area contributed by atoms with Crippen molar-refractivity contribution in [1.29, 1.82) is 0 Å². The second kappa shape index (κ2) is 9.07. The minimum atomic E-state index is -0.256. The zero-order valence-electron chi connectivity index (χ0n) is 15.8. The van der Waals surface area contributed by atoms with Crippen molar-refractivity contribution in [2.75, 3.05) is 26.3 Å². The van der Waals surface area contributed by atoms with E-state index >= 15 is 0 Å². The summed E-state index contributed by atoms with van der Waals surface area (Å²) in [6.07, 6.45) is 3.66. The number of morpholine rings is 1. The lowest BCUT2D eigenvalue weighted by atomic mass is 10.1. The maximum atomic E-state index is 12.7. The van der Waals surface area contributed by atoms with Crippen LogP contribution in [0.1, 0.15) is 27.8 Å². The Morgan fingerprint density at radius 3 is 2.97 bits per heavy atom. The first-order chi connectivity index (χ1) is 14.2. The number of rotatable bonds is 6. The Labute approximate surface area is 173 Å². The Kier molecular flexibility index (Phi) is 6.07. The fourth-order valence-electron chi connectivity index (χ4n) is 3.20. The summed E-state index contributed by atoms with van der Waals surface area (Å²) in [5, 5.41) is 8.05. The molecule has 7 nitrogen and oxygen atoms in total. The summed E-state index contributed by atoms with van der Waals surface area (Å²) in [7, 11) is 0. The van der Waals surface area contributed by atoms with E-state index < -0.39 is 0 Å². The molecule has 4 rings (SSSR count). The largest absolute Gasteiger partial charge is 0.493 e. The molecule has 1 N–H and O–H groups in total. The van der Waals surface area contributed by atoms with Gasteiger partial charge in [0, 0.05) is 41.6 Å². The van der Waals surface area contributed by atoms with Crippen molar-refractivity contribution >= 4 is 17.5 Å². The molecule has 1 unspecified atom stereocenters. The van der Waals surface area contributed by atoms with E-state index in [1.165, 1.54) is 0 Å². The van der Waals surface area contributed by atoms with Crippen molar-refractivity contribution in [1.82, 2.24) is 20.1 Å². The number of nitrogens with zero attached hydrogens (tertiary/aromatic N) is 3. The Balaban J connectivity index is 1.33. The van der Waals surface area contributed by atoms with Crippen LogP contribution in [0.5, 0.6) is 5.75 Å². The maximum absolute atomic E-state index is 12.7. The molecule has 1 atom stereocenters. The lowest BCUT2D eigenvalue weighted by molar-refractivity contribution is -0.0247. The molecule has 0 aliphatic carbocycles. The smallest absolute Gasteiger partial charge is 0.254 e. The predicted molar refractivity (Wildman–Crippen MR) is 108 cm³/mol. The number of hydrogen-bond donors (Lipinski definition) is 1. The number of benzene rings is 1.